The molecule has 2 heterocycles. The van der Waals surface area contributed by atoms with E-state index >= 15 is 0 Å². The molecule has 0 radical (unpaired) electrons. The lowest BCUT2D eigenvalue weighted by Crippen LogP contribution is -2.28. The van der Waals surface area contributed by atoms with Crippen LogP contribution in [0, 0.1) is 12.7 Å². The predicted octanol–water partition coefficient (Wildman–Crippen LogP) is 3.21. The molecule has 4 aromatic rings. The van der Waals surface area contributed by atoms with Crippen molar-refractivity contribution in [2.24, 2.45) is 0 Å². The molecule has 0 saturated heterocycles. The Labute approximate surface area is 163 Å². The smallest absolute Gasteiger partial charge is 0.351 e. The fraction of sp³-hybridized carbons (Fsp3) is 0.211. The predicted molar refractivity (Wildman–Crippen MR) is 103 cm³/mol. The summed E-state index contributed by atoms with van der Waals surface area (Å²) in [7, 11) is 3.05. The third-order valence-electron chi connectivity index (χ3n) is 4.50. The molecule has 9 heteroatoms. The Morgan fingerprint density at radius 3 is 2.54 bits per heavy atom. The normalized spacial score (nSPS) is 11.3. The fourth-order valence-electron chi connectivity index (χ4n) is 3.18. The van der Waals surface area contributed by atoms with Gasteiger partial charge in [0.05, 0.1) is 26.3 Å². The van der Waals surface area contributed by atoms with Gasteiger partial charge in [-0.05, 0) is 30.7 Å². The SMILES string of the molecule is COc1cc2c(cc1OC)n(Cc1ccc(F)cc1Cl)c(=O)n1nc(C)nc21. The molecule has 0 spiro atoms. The number of hydrogen-bond donors (Lipinski definition) is 0. The molecule has 7 nitrogen and oxygen atoms in total. The number of fused-ring (bicyclic) bond motifs is 3. The van der Waals surface area contributed by atoms with E-state index in [0.717, 1.165) is 0 Å². The van der Waals surface area contributed by atoms with Crippen molar-refractivity contribution >= 4 is 28.2 Å². The van der Waals surface area contributed by atoms with Gasteiger partial charge in [0, 0.05) is 16.5 Å². The average Bonchev–Trinajstić information content (AvgIpc) is 3.07. The second kappa shape index (κ2) is 6.79. The van der Waals surface area contributed by atoms with Gasteiger partial charge in [-0.15, -0.1) is 5.10 Å². The molecule has 0 aliphatic heterocycles. The van der Waals surface area contributed by atoms with Gasteiger partial charge in [-0.25, -0.2) is 14.2 Å². The van der Waals surface area contributed by atoms with E-state index in [2.05, 4.69) is 10.1 Å². The largest absolute Gasteiger partial charge is 0.493 e. The van der Waals surface area contributed by atoms with Gasteiger partial charge in [-0.3, -0.25) is 4.57 Å². The van der Waals surface area contributed by atoms with Crippen LogP contribution < -0.4 is 15.2 Å². The molecule has 0 unspecified atom stereocenters. The van der Waals surface area contributed by atoms with Crippen LogP contribution in [0.2, 0.25) is 5.02 Å². The van der Waals surface area contributed by atoms with E-state index in [1.54, 1.807) is 25.1 Å². The summed E-state index contributed by atoms with van der Waals surface area (Å²) in [6.45, 7) is 1.83. The molecule has 0 saturated carbocycles. The van der Waals surface area contributed by atoms with Crippen LogP contribution in [0.25, 0.3) is 16.6 Å². The summed E-state index contributed by atoms with van der Waals surface area (Å²) in [5.74, 6) is 0.988. The van der Waals surface area contributed by atoms with E-state index in [9.17, 15) is 9.18 Å². The van der Waals surface area contributed by atoms with E-state index in [-0.39, 0.29) is 11.6 Å². The highest BCUT2D eigenvalue weighted by atomic mass is 35.5. The summed E-state index contributed by atoms with van der Waals surface area (Å²) >= 11 is 6.18. The number of ether oxygens (including phenoxy) is 2. The Hall–Kier alpha value is -3.13. The molecule has 0 atom stereocenters. The zero-order valence-electron chi connectivity index (χ0n) is 15.4. The third-order valence-corrected chi connectivity index (χ3v) is 4.85. The molecule has 144 valence electrons. The maximum atomic E-state index is 13.4. The minimum atomic E-state index is -0.445. The zero-order valence-corrected chi connectivity index (χ0v) is 16.1. The van der Waals surface area contributed by atoms with E-state index in [1.807, 2.05) is 0 Å². The monoisotopic (exact) mass is 402 g/mol. The molecule has 2 aromatic carbocycles. The first-order chi connectivity index (χ1) is 13.4. The molecule has 4 rings (SSSR count). The topological polar surface area (TPSA) is 70.7 Å². The Balaban J connectivity index is 2.07. The van der Waals surface area contributed by atoms with Gasteiger partial charge in [-0.2, -0.15) is 4.52 Å². The molecule has 0 aliphatic rings. The first-order valence-corrected chi connectivity index (χ1v) is 8.76. The second-order valence-corrected chi connectivity index (χ2v) is 6.63. The Morgan fingerprint density at radius 1 is 1.14 bits per heavy atom. The van der Waals surface area contributed by atoms with Crippen LogP contribution in [0.4, 0.5) is 4.39 Å². The Morgan fingerprint density at radius 2 is 1.86 bits per heavy atom. The summed E-state index contributed by atoms with van der Waals surface area (Å²) in [4.78, 5) is 17.5. The van der Waals surface area contributed by atoms with Crippen molar-refractivity contribution in [3.8, 4) is 11.5 Å². The van der Waals surface area contributed by atoms with Crippen LogP contribution in [0.1, 0.15) is 11.4 Å². The van der Waals surface area contributed by atoms with E-state index in [1.165, 1.54) is 35.4 Å². The Bertz CT molecular complexity index is 1280. The summed E-state index contributed by atoms with van der Waals surface area (Å²) in [6, 6.07) is 7.52. The van der Waals surface area contributed by atoms with Crippen molar-refractivity contribution in [1.82, 2.24) is 19.2 Å². The van der Waals surface area contributed by atoms with Gasteiger partial charge in [-0.1, -0.05) is 17.7 Å². The maximum absolute atomic E-state index is 13.4. The molecule has 0 amide bonds. The minimum absolute atomic E-state index is 0.124. The zero-order chi connectivity index (χ0) is 20.0. The highest BCUT2D eigenvalue weighted by molar-refractivity contribution is 6.31. The number of methoxy groups -OCH3 is 2. The Kier molecular flexibility index (Phi) is 4.43. The molecule has 0 fully saturated rings. The summed E-state index contributed by atoms with van der Waals surface area (Å²) < 4.78 is 26.9. The van der Waals surface area contributed by atoms with Crippen LogP contribution >= 0.6 is 11.6 Å². The van der Waals surface area contributed by atoms with Crippen molar-refractivity contribution in [2.45, 2.75) is 13.5 Å². The van der Waals surface area contributed by atoms with Gasteiger partial charge in [0.1, 0.15) is 11.6 Å². The number of hydrogen-bond acceptors (Lipinski definition) is 5. The number of benzene rings is 2. The highest BCUT2D eigenvalue weighted by Gasteiger charge is 2.18. The standard InChI is InChI=1S/C19H16ClFN4O3/c1-10-22-18-13-7-16(27-2)17(28-3)8-15(13)24(19(26)25(18)23-10)9-11-4-5-12(21)6-14(11)20/h4-8H,9H2,1-3H3. The quantitative estimate of drug-likeness (QED) is 0.524. The van der Waals surface area contributed by atoms with Crippen LogP contribution in [0.15, 0.2) is 35.1 Å². The number of aromatic nitrogens is 4. The lowest BCUT2D eigenvalue weighted by molar-refractivity contribution is 0.355. The van der Waals surface area contributed by atoms with Crippen molar-refractivity contribution in [3.63, 3.8) is 0 Å². The molecular weight excluding hydrogens is 387 g/mol. The molecule has 0 bridgehead atoms. The minimum Gasteiger partial charge on any atom is -0.493 e. The maximum Gasteiger partial charge on any atom is 0.351 e. The number of nitrogens with zero attached hydrogens (tertiary/aromatic N) is 4. The van der Waals surface area contributed by atoms with Crippen molar-refractivity contribution in [3.05, 3.63) is 63.0 Å². The molecular formula is C19H16ClFN4O3. The van der Waals surface area contributed by atoms with Gasteiger partial charge in [0.25, 0.3) is 0 Å². The van der Waals surface area contributed by atoms with Gasteiger partial charge in [0.2, 0.25) is 0 Å². The summed E-state index contributed by atoms with van der Waals surface area (Å²) in [6.07, 6.45) is 0. The third kappa shape index (κ3) is 2.86. The number of aryl methyl sites for hydroxylation is 1. The van der Waals surface area contributed by atoms with Crippen LogP contribution in [0.5, 0.6) is 11.5 Å². The van der Waals surface area contributed by atoms with Crippen LogP contribution in [-0.4, -0.2) is 33.4 Å². The molecule has 0 aliphatic carbocycles. The number of halogens is 2. The second-order valence-electron chi connectivity index (χ2n) is 6.22. The average molecular weight is 403 g/mol. The van der Waals surface area contributed by atoms with Crippen molar-refractivity contribution < 1.29 is 13.9 Å². The van der Waals surface area contributed by atoms with E-state index in [0.29, 0.717) is 39.4 Å². The molecule has 0 N–H and O–H groups in total. The highest BCUT2D eigenvalue weighted by Crippen LogP contribution is 2.33. The van der Waals surface area contributed by atoms with Gasteiger partial charge < -0.3 is 9.47 Å². The summed E-state index contributed by atoms with van der Waals surface area (Å²) in [5, 5.41) is 5.10. The molecule has 28 heavy (non-hydrogen) atoms. The number of rotatable bonds is 4. The van der Waals surface area contributed by atoms with Crippen molar-refractivity contribution in [1.29, 1.82) is 0 Å². The van der Waals surface area contributed by atoms with E-state index in [4.69, 9.17) is 21.1 Å². The first-order valence-electron chi connectivity index (χ1n) is 8.38. The van der Waals surface area contributed by atoms with Crippen LogP contribution in [-0.2, 0) is 6.54 Å². The van der Waals surface area contributed by atoms with Gasteiger partial charge >= 0.3 is 5.69 Å². The fourth-order valence-corrected chi connectivity index (χ4v) is 3.41. The van der Waals surface area contributed by atoms with Crippen LogP contribution in [0.3, 0.4) is 0 Å². The molecule has 2 aromatic heterocycles. The van der Waals surface area contributed by atoms with Gasteiger partial charge in [0.15, 0.2) is 17.1 Å². The first kappa shape index (κ1) is 18.2. The van der Waals surface area contributed by atoms with Crippen molar-refractivity contribution in [2.75, 3.05) is 14.2 Å². The van der Waals surface area contributed by atoms with E-state index < -0.39 is 11.5 Å². The lowest BCUT2D eigenvalue weighted by Gasteiger charge is -2.15. The summed E-state index contributed by atoms with van der Waals surface area (Å²) in [5.41, 5.74) is 1.19. The lowest BCUT2D eigenvalue weighted by atomic mass is 10.1.